The van der Waals surface area contributed by atoms with Crippen LogP contribution in [-0.2, 0) is 18.5 Å². The third kappa shape index (κ3) is 0.878. The first-order valence-corrected chi connectivity index (χ1v) is 4.45. The minimum atomic E-state index is 0.537. The number of oxime groups is 1. The van der Waals surface area contributed by atoms with Crippen LogP contribution < -0.4 is 0 Å². The minimum absolute atomic E-state index is 0.537. The summed E-state index contributed by atoms with van der Waals surface area (Å²) in [6.07, 6.45) is 3.61. The van der Waals surface area contributed by atoms with Crippen molar-refractivity contribution in [2.75, 3.05) is 0 Å². The summed E-state index contributed by atoms with van der Waals surface area (Å²) < 4.78 is 1.86. The van der Waals surface area contributed by atoms with E-state index >= 15 is 0 Å². The van der Waals surface area contributed by atoms with Crippen molar-refractivity contribution in [3.63, 3.8) is 0 Å². The molecule has 14 heavy (non-hydrogen) atoms. The number of aryl methyl sites for hydroxylation is 1. The highest BCUT2D eigenvalue weighted by molar-refractivity contribution is 5.93. The van der Waals surface area contributed by atoms with Gasteiger partial charge in [-0.25, -0.2) is 0 Å². The highest BCUT2D eigenvalue weighted by Crippen LogP contribution is 2.23. The van der Waals surface area contributed by atoms with Crippen molar-refractivity contribution in [2.24, 2.45) is 12.2 Å². The summed E-state index contributed by atoms with van der Waals surface area (Å²) in [5, 5.41) is 9.15. The van der Waals surface area contributed by atoms with Gasteiger partial charge in [0.15, 0.2) is 0 Å². The van der Waals surface area contributed by atoms with Gasteiger partial charge in [-0.3, -0.25) is 4.68 Å². The number of benzene rings is 1. The lowest BCUT2D eigenvalue weighted by molar-refractivity contribution is 0.129. The summed E-state index contributed by atoms with van der Waals surface area (Å²) in [4.78, 5) is 5.05. The molecule has 0 saturated carbocycles. The zero-order valence-electron chi connectivity index (χ0n) is 7.77. The summed E-state index contributed by atoms with van der Waals surface area (Å²) in [6, 6.07) is 4.10. The van der Waals surface area contributed by atoms with Crippen LogP contribution >= 0.6 is 0 Å². The fraction of sp³-hybridized carbons (Fsp3) is 0.200. The summed E-state index contributed by atoms with van der Waals surface area (Å²) >= 11 is 0. The zero-order chi connectivity index (χ0) is 9.54. The molecule has 70 valence electrons. The predicted molar refractivity (Wildman–Crippen MR) is 53.1 cm³/mol. The van der Waals surface area contributed by atoms with E-state index in [1.165, 1.54) is 5.56 Å². The summed E-state index contributed by atoms with van der Waals surface area (Å²) in [5.41, 5.74) is 3.42. The first-order chi connectivity index (χ1) is 6.86. The van der Waals surface area contributed by atoms with Crippen LogP contribution in [0.25, 0.3) is 10.9 Å². The Balaban J connectivity index is 2.41. The van der Waals surface area contributed by atoms with Gasteiger partial charge in [-0.1, -0.05) is 11.2 Å². The Kier molecular flexibility index (Phi) is 1.39. The van der Waals surface area contributed by atoms with Gasteiger partial charge >= 0.3 is 0 Å². The molecule has 0 amide bonds. The van der Waals surface area contributed by atoms with Gasteiger partial charge < -0.3 is 4.84 Å². The summed E-state index contributed by atoms with van der Waals surface area (Å²) in [6.45, 7) is 0.537. The molecule has 0 saturated heterocycles. The largest absolute Gasteiger partial charge is 0.391 e. The highest BCUT2D eigenvalue weighted by atomic mass is 16.6. The first kappa shape index (κ1) is 7.55. The molecule has 0 atom stereocenters. The molecule has 4 heteroatoms. The second-order valence-electron chi connectivity index (χ2n) is 3.34. The van der Waals surface area contributed by atoms with E-state index in [2.05, 4.69) is 16.3 Å². The quantitative estimate of drug-likeness (QED) is 0.626. The number of aromatic nitrogens is 2. The smallest absolute Gasteiger partial charge is 0.143 e. The molecule has 0 bridgehead atoms. The van der Waals surface area contributed by atoms with Crippen molar-refractivity contribution in [1.82, 2.24) is 9.78 Å². The second kappa shape index (κ2) is 2.57. The van der Waals surface area contributed by atoms with Gasteiger partial charge in [0.1, 0.15) is 6.61 Å². The van der Waals surface area contributed by atoms with Crippen LogP contribution in [0.4, 0.5) is 0 Å². The van der Waals surface area contributed by atoms with E-state index in [-0.39, 0.29) is 0 Å². The van der Waals surface area contributed by atoms with Gasteiger partial charge in [-0.15, -0.1) is 0 Å². The molecule has 0 unspecified atom stereocenters. The third-order valence-corrected chi connectivity index (χ3v) is 2.55. The number of hydrogen-bond donors (Lipinski definition) is 0. The fourth-order valence-electron chi connectivity index (χ4n) is 1.78. The van der Waals surface area contributed by atoms with E-state index in [1.807, 2.05) is 24.0 Å². The SMILES string of the molecule is Cn1ncc2c3c(ccc21)C=NOC3. The van der Waals surface area contributed by atoms with Gasteiger partial charge in [0.2, 0.25) is 0 Å². The van der Waals surface area contributed by atoms with Crippen LogP contribution in [0.15, 0.2) is 23.5 Å². The van der Waals surface area contributed by atoms with E-state index < -0.39 is 0 Å². The molecule has 4 nitrogen and oxygen atoms in total. The molecule has 2 heterocycles. The van der Waals surface area contributed by atoms with Gasteiger partial charge in [-0.05, 0) is 6.07 Å². The molecule has 2 aromatic rings. The van der Waals surface area contributed by atoms with Crippen molar-refractivity contribution in [3.8, 4) is 0 Å². The van der Waals surface area contributed by atoms with Crippen molar-refractivity contribution in [3.05, 3.63) is 29.5 Å². The van der Waals surface area contributed by atoms with Crippen LogP contribution in [0.1, 0.15) is 11.1 Å². The number of hydrogen-bond acceptors (Lipinski definition) is 3. The molecule has 1 aromatic carbocycles. The molecule has 1 aliphatic rings. The van der Waals surface area contributed by atoms with Crippen molar-refractivity contribution in [1.29, 1.82) is 0 Å². The van der Waals surface area contributed by atoms with Gasteiger partial charge in [0.25, 0.3) is 0 Å². The second-order valence-corrected chi connectivity index (χ2v) is 3.34. The molecule has 0 spiro atoms. The summed E-state index contributed by atoms with van der Waals surface area (Å²) in [5.74, 6) is 0. The molecule has 1 aromatic heterocycles. The molecule has 0 N–H and O–H groups in total. The molecule has 1 aliphatic heterocycles. The standard InChI is InChI=1S/C10H9N3O/c1-13-10-3-2-7-4-12-14-6-9(7)8(10)5-11-13/h2-5H,6H2,1H3. The average molecular weight is 187 g/mol. The van der Waals surface area contributed by atoms with Crippen LogP contribution in [0.3, 0.4) is 0 Å². The summed E-state index contributed by atoms with van der Waals surface area (Å²) in [7, 11) is 1.94. The number of fused-ring (bicyclic) bond motifs is 3. The predicted octanol–water partition coefficient (Wildman–Crippen LogP) is 1.44. The van der Waals surface area contributed by atoms with Crippen molar-refractivity contribution < 1.29 is 4.84 Å². The lowest BCUT2D eigenvalue weighted by atomic mass is 10.0. The Labute approximate surface area is 80.8 Å². The molecule has 0 radical (unpaired) electrons. The van der Waals surface area contributed by atoms with Crippen LogP contribution in [0.2, 0.25) is 0 Å². The number of rotatable bonds is 0. The van der Waals surface area contributed by atoms with E-state index in [4.69, 9.17) is 4.84 Å². The monoisotopic (exact) mass is 187 g/mol. The number of nitrogens with zero attached hydrogens (tertiary/aromatic N) is 3. The Morgan fingerprint density at radius 1 is 1.43 bits per heavy atom. The molecular formula is C10H9N3O. The molecule has 3 rings (SSSR count). The van der Waals surface area contributed by atoms with Gasteiger partial charge in [0, 0.05) is 23.6 Å². The maximum Gasteiger partial charge on any atom is 0.143 e. The van der Waals surface area contributed by atoms with Gasteiger partial charge in [0.05, 0.1) is 17.9 Å². The Hall–Kier alpha value is -1.84. The van der Waals surface area contributed by atoms with Gasteiger partial charge in [-0.2, -0.15) is 5.10 Å². The van der Waals surface area contributed by atoms with Crippen LogP contribution in [-0.4, -0.2) is 16.0 Å². The molecule has 0 aliphatic carbocycles. The van der Waals surface area contributed by atoms with Crippen molar-refractivity contribution in [2.45, 2.75) is 6.61 Å². The third-order valence-electron chi connectivity index (χ3n) is 2.55. The highest BCUT2D eigenvalue weighted by Gasteiger charge is 2.12. The molecular weight excluding hydrogens is 178 g/mol. The maximum absolute atomic E-state index is 5.05. The first-order valence-electron chi connectivity index (χ1n) is 4.45. The van der Waals surface area contributed by atoms with E-state index in [1.54, 1.807) is 6.21 Å². The Morgan fingerprint density at radius 3 is 3.29 bits per heavy atom. The van der Waals surface area contributed by atoms with E-state index in [0.717, 1.165) is 16.5 Å². The van der Waals surface area contributed by atoms with Crippen molar-refractivity contribution >= 4 is 17.1 Å². The zero-order valence-corrected chi connectivity index (χ0v) is 7.77. The normalized spacial score (nSPS) is 14.1. The average Bonchev–Trinajstić information content (AvgIpc) is 2.61. The fourth-order valence-corrected chi connectivity index (χ4v) is 1.78. The van der Waals surface area contributed by atoms with E-state index in [0.29, 0.717) is 6.61 Å². The lowest BCUT2D eigenvalue weighted by Gasteiger charge is -2.10. The Bertz CT molecular complexity index is 527. The minimum Gasteiger partial charge on any atom is -0.391 e. The maximum atomic E-state index is 5.05. The lowest BCUT2D eigenvalue weighted by Crippen LogP contribution is -2.01. The van der Waals surface area contributed by atoms with E-state index in [9.17, 15) is 0 Å². The molecule has 0 fully saturated rings. The topological polar surface area (TPSA) is 39.4 Å². The van der Waals surface area contributed by atoms with Crippen LogP contribution in [0.5, 0.6) is 0 Å². The Morgan fingerprint density at radius 2 is 2.36 bits per heavy atom. The van der Waals surface area contributed by atoms with Crippen LogP contribution in [0, 0.1) is 0 Å².